The van der Waals surface area contributed by atoms with Gasteiger partial charge in [0.2, 0.25) is 0 Å². The molecule has 8 heteroatoms. The number of hydrogen-bond donors (Lipinski definition) is 1. The summed E-state index contributed by atoms with van der Waals surface area (Å²) in [6.45, 7) is 8.22. The van der Waals surface area contributed by atoms with Crippen molar-refractivity contribution in [2.24, 2.45) is 5.41 Å². The van der Waals surface area contributed by atoms with Crippen LogP contribution in [0.3, 0.4) is 0 Å². The number of ketones is 1. The van der Waals surface area contributed by atoms with Crippen LogP contribution in [0.1, 0.15) is 52.3 Å². The second-order valence-electron chi connectivity index (χ2n) is 8.63. The summed E-state index contributed by atoms with van der Waals surface area (Å²) >= 11 is 0. The van der Waals surface area contributed by atoms with E-state index in [2.05, 4.69) is 4.98 Å². The lowest BCUT2D eigenvalue weighted by Crippen LogP contribution is -2.49. The molecule has 0 spiro atoms. The van der Waals surface area contributed by atoms with Gasteiger partial charge in [-0.3, -0.25) is 14.6 Å². The normalized spacial score (nSPS) is 20.7. The van der Waals surface area contributed by atoms with Gasteiger partial charge in [-0.15, -0.1) is 0 Å². The molecule has 2 aliphatic heterocycles. The summed E-state index contributed by atoms with van der Waals surface area (Å²) in [6, 6.07) is 4.33. The number of aromatic nitrogens is 1. The highest BCUT2D eigenvalue weighted by Gasteiger charge is 2.49. The highest BCUT2D eigenvalue weighted by molar-refractivity contribution is 6.10. The Kier molecular flexibility index (Phi) is 6.14. The van der Waals surface area contributed by atoms with Crippen LogP contribution in [0.4, 0.5) is 4.79 Å². The van der Waals surface area contributed by atoms with E-state index < -0.39 is 23.1 Å². The van der Waals surface area contributed by atoms with Crippen LogP contribution >= 0.6 is 0 Å². The summed E-state index contributed by atoms with van der Waals surface area (Å²) in [6.07, 6.45) is 2.29. The minimum Gasteiger partial charge on any atom is -0.503 e. The Balaban J connectivity index is 1.92. The molecule has 1 aromatic heterocycles. The fourth-order valence-corrected chi connectivity index (χ4v) is 4.01. The van der Waals surface area contributed by atoms with Gasteiger partial charge >= 0.3 is 6.09 Å². The molecule has 0 saturated carbocycles. The molecule has 0 aliphatic carbocycles. The van der Waals surface area contributed by atoms with Gasteiger partial charge in [0.05, 0.1) is 17.9 Å². The van der Waals surface area contributed by atoms with Gasteiger partial charge in [-0.05, 0) is 31.9 Å². The third-order valence-corrected chi connectivity index (χ3v) is 5.52. The summed E-state index contributed by atoms with van der Waals surface area (Å²) in [7, 11) is 0. The van der Waals surface area contributed by atoms with Gasteiger partial charge in [0, 0.05) is 30.7 Å². The van der Waals surface area contributed by atoms with Gasteiger partial charge in [-0.2, -0.15) is 0 Å². The van der Waals surface area contributed by atoms with E-state index in [1.54, 1.807) is 61.9 Å². The van der Waals surface area contributed by atoms with Crippen LogP contribution in [0.5, 0.6) is 0 Å². The fourth-order valence-electron chi connectivity index (χ4n) is 4.01. The lowest BCUT2D eigenvalue weighted by atomic mass is 9.83. The van der Waals surface area contributed by atoms with E-state index in [-0.39, 0.29) is 23.5 Å². The maximum absolute atomic E-state index is 13.2. The SMILES string of the molecule is CCOC(=O)N1CCC(N2C(=O)C(O)=C(C(=O)C(C)(C)C)C2c2ccccn2)CC1. The lowest BCUT2D eigenvalue weighted by molar-refractivity contribution is -0.132. The summed E-state index contributed by atoms with van der Waals surface area (Å²) in [5, 5.41) is 10.7. The van der Waals surface area contributed by atoms with Crippen molar-refractivity contribution in [1.29, 1.82) is 0 Å². The molecule has 3 heterocycles. The molecule has 0 radical (unpaired) electrons. The maximum Gasteiger partial charge on any atom is 0.409 e. The number of hydrogen-bond acceptors (Lipinski definition) is 6. The monoisotopic (exact) mass is 415 g/mol. The van der Waals surface area contributed by atoms with Gasteiger partial charge in [0.1, 0.15) is 6.04 Å². The number of likely N-dealkylation sites (tertiary alicyclic amines) is 1. The van der Waals surface area contributed by atoms with E-state index in [0.29, 0.717) is 38.2 Å². The molecule has 2 amide bonds. The summed E-state index contributed by atoms with van der Waals surface area (Å²) in [4.78, 5) is 45.8. The lowest BCUT2D eigenvalue weighted by Gasteiger charge is -2.39. The number of aliphatic hydroxyl groups is 1. The Morgan fingerprint density at radius 3 is 2.43 bits per heavy atom. The number of aliphatic hydroxyl groups excluding tert-OH is 1. The van der Waals surface area contributed by atoms with Crippen LogP contribution in [0.25, 0.3) is 0 Å². The van der Waals surface area contributed by atoms with Gasteiger partial charge in [-0.25, -0.2) is 4.79 Å². The van der Waals surface area contributed by atoms with Crippen LogP contribution in [0.2, 0.25) is 0 Å². The quantitative estimate of drug-likeness (QED) is 0.811. The average Bonchev–Trinajstić information content (AvgIpc) is 2.98. The highest BCUT2D eigenvalue weighted by Crippen LogP contribution is 2.42. The predicted molar refractivity (Wildman–Crippen MR) is 110 cm³/mol. The van der Waals surface area contributed by atoms with E-state index in [0.717, 1.165) is 0 Å². The molecule has 1 saturated heterocycles. The summed E-state index contributed by atoms with van der Waals surface area (Å²) in [5.41, 5.74) is -0.130. The first-order chi connectivity index (χ1) is 14.2. The smallest absolute Gasteiger partial charge is 0.409 e. The third-order valence-electron chi connectivity index (χ3n) is 5.52. The van der Waals surface area contributed by atoms with E-state index >= 15 is 0 Å². The minimum atomic E-state index is -0.764. The molecule has 162 valence electrons. The number of ether oxygens (including phenoxy) is 1. The molecule has 1 atom stereocenters. The number of pyridine rings is 1. The Hall–Kier alpha value is -2.90. The van der Waals surface area contributed by atoms with Crippen LogP contribution in [-0.2, 0) is 14.3 Å². The predicted octanol–water partition coefficient (Wildman–Crippen LogP) is 3.01. The summed E-state index contributed by atoms with van der Waals surface area (Å²) in [5.74, 6) is -1.35. The van der Waals surface area contributed by atoms with E-state index in [1.807, 2.05) is 0 Å². The van der Waals surface area contributed by atoms with Gasteiger partial charge in [-0.1, -0.05) is 26.8 Å². The van der Waals surface area contributed by atoms with Crippen LogP contribution in [0, 0.1) is 5.41 Å². The zero-order valence-electron chi connectivity index (χ0n) is 17.9. The van der Waals surface area contributed by atoms with Crippen molar-refractivity contribution >= 4 is 17.8 Å². The molecular formula is C22H29N3O5. The topological polar surface area (TPSA) is 100 Å². The van der Waals surface area contributed by atoms with Crippen molar-refractivity contribution in [3.63, 3.8) is 0 Å². The molecule has 0 bridgehead atoms. The molecule has 2 aliphatic rings. The molecule has 1 fully saturated rings. The molecule has 3 rings (SSSR count). The molecule has 30 heavy (non-hydrogen) atoms. The largest absolute Gasteiger partial charge is 0.503 e. The van der Waals surface area contributed by atoms with Gasteiger partial charge in [0.25, 0.3) is 5.91 Å². The van der Waals surface area contributed by atoms with E-state index in [4.69, 9.17) is 4.74 Å². The van der Waals surface area contributed by atoms with E-state index in [9.17, 15) is 19.5 Å². The highest BCUT2D eigenvalue weighted by atomic mass is 16.6. The number of piperidine rings is 1. The Labute approximate surface area is 176 Å². The fraction of sp³-hybridized carbons (Fsp3) is 0.545. The molecule has 8 nitrogen and oxygen atoms in total. The Morgan fingerprint density at radius 2 is 1.90 bits per heavy atom. The number of Topliss-reactive ketones (excluding diaryl/α,β-unsaturated/α-hetero) is 1. The Morgan fingerprint density at radius 1 is 1.23 bits per heavy atom. The number of nitrogens with zero attached hydrogens (tertiary/aromatic N) is 3. The molecule has 1 unspecified atom stereocenters. The van der Waals surface area contributed by atoms with Crippen molar-refractivity contribution in [3.05, 3.63) is 41.4 Å². The van der Waals surface area contributed by atoms with Crippen molar-refractivity contribution in [2.45, 2.75) is 52.6 Å². The zero-order valence-corrected chi connectivity index (χ0v) is 17.9. The standard InChI is InChI=1S/C22H29N3O5/c1-5-30-21(29)24-12-9-14(10-13-24)25-17(15-8-6-7-11-23-15)16(18(26)20(25)28)19(27)22(2,3)4/h6-8,11,14,17,26H,5,9-10,12-13H2,1-4H3. The average molecular weight is 415 g/mol. The number of carbonyl (C=O) groups excluding carboxylic acids is 3. The zero-order chi connectivity index (χ0) is 22.1. The van der Waals surface area contributed by atoms with Gasteiger partial charge < -0.3 is 19.6 Å². The van der Waals surface area contributed by atoms with Crippen LogP contribution in [0.15, 0.2) is 35.7 Å². The number of carbonyl (C=O) groups is 3. The number of rotatable bonds is 4. The van der Waals surface area contributed by atoms with Crippen molar-refractivity contribution in [2.75, 3.05) is 19.7 Å². The molecule has 0 aromatic carbocycles. The molecule has 1 aromatic rings. The first kappa shape index (κ1) is 21.8. The first-order valence-corrected chi connectivity index (χ1v) is 10.3. The Bertz CT molecular complexity index is 851. The minimum absolute atomic E-state index is 0.0963. The van der Waals surface area contributed by atoms with E-state index in [1.165, 1.54) is 0 Å². The summed E-state index contributed by atoms with van der Waals surface area (Å²) < 4.78 is 5.06. The molecular weight excluding hydrogens is 386 g/mol. The maximum atomic E-state index is 13.2. The van der Waals surface area contributed by atoms with Crippen LogP contribution < -0.4 is 0 Å². The number of amides is 2. The van der Waals surface area contributed by atoms with Crippen molar-refractivity contribution in [1.82, 2.24) is 14.8 Å². The first-order valence-electron chi connectivity index (χ1n) is 10.3. The third kappa shape index (κ3) is 4.04. The van der Waals surface area contributed by atoms with Gasteiger partial charge in [0.15, 0.2) is 11.5 Å². The van der Waals surface area contributed by atoms with Crippen LogP contribution in [-0.4, -0.2) is 63.4 Å². The second kappa shape index (κ2) is 8.45. The van der Waals surface area contributed by atoms with Crippen molar-refractivity contribution < 1.29 is 24.2 Å². The van der Waals surface area contributed by atoms with Crippen molar-refractivity contribution in [3.8, 4) is 0 Å². The second-order valence-corrected chi connectivity index (χ2v) is 8.63. The molecule has 1 N–H and O–H groups in total.